The Morgan fingerprint density at radius 1 is 0.846 bits per heavy atom. The molecule has 130 valence electrons. The predicted molar refractivity (Wildman–Crippen MR) is 99.8 cm³/mol. The standard InChI is InChI=1S/C21H18N2O3/c1-12-7-6-8-13(2)19(12)23-17(24)11-15(20(23)25)18-14-9-4-5-10-16(14)22(3)21(18)26/h4-10H,11H2,1-3H3/b18-15-. The zero-order valence-electron chi connectivity index (χ0n) is 14.9. The van der Waals surface area contributed by atoms with E-state index < -0.39 is 5.91 Å². The number of nitrogens with zero attached hydrogens (tertiary/aromatic N) is 2. The second kappa shape index (κ2) is 5.66. The average Bonchev–Trinajstić information content (AvgIpc) is 3.03. The molecule has 1 saturated heterocycles. The van der Waals surface area contributed by atoms with E-state index in [1.807, 2.05) is 56.3 Å². The minimum atomic E-state index is -0.402. The fourth-order valence-corrected chi connectivity index (χ4v) is 3.80. The number of carbonyl (C=O) groups is 3. The van der Waals surface area contributed by atoms with Crippen LogP contribution in [0.25, 0.3) is 5.57 Å². The maximum Gasteiger partial charge on any atom is 0.262 e. The van der Waals surface area contributed by atoms with Gasteiger partial charge in [0.2, 0.25) is 5.91 Å². The van der Waals surface area contributed by atoms with E-state index in [9.17, 15) is 14.4 Å². The Morgan fingerprint density at radius 3 is 2.19 bits per heavy atom. The smallest absolute Gasteiger partial charge is 0.262 e. The van der Waals surface area contributed by atoms with E-state index in [0.29, 0.717) is 16.8 Å². The number of amides is 3. The van der Waals surface area contributed by atoms with Crippen LogP contribution in [0.1, 0.15) is 23.1 Å². The van der Waals surface area contributed by atoms with Crippen LogP contribution < -0.4 is 9.80 Å². The Morgan fingerprint density at radius 2 is 1.50 bits per heavy atom. The van der Waals surface area contributed by atoms with Crippen LogP contribution in [0.2, 0.25) is 0 Å². The molecule has 2 aliphatic rings. The summed E-state index contributed by atoms with van der Waals surface area (Å²) in [5.74, 6) is -0.943. The number of para-hydroxylation sites is 2. The number of hydrogen-bond donors (Lipinski definition) is 0. The average molecular weight is 346 g/mol. The maximum absolute atomic E-state index is 13.1. The Balaban J connectivity index is 1.89. The van der Waals surface area contributed by atoms with Gasteiger partial charge in [0.1, 0.15) is 0 Å². The number of anilines is 2. The summed E-state index contributed by atoms with van der Waals surface area (Å²) in [4.78, 5) is 41.4. The lowest BCUT2D eigenvalue weighted by Crippen LogP contribution is -2.30. The van der Waals surface area contributed by atoms with Crippen molar-refractivity contribution >= 4 is 34.7 Å². The minimum absolute atomic E-state index is 0.0597. The van der Waals surface area contributed by atoms with Gasteiger partial charge >= 0.3 is 0 Å². The number of fused-ring (bicyclic) bond motifs is 1. The molecule has 0 aliphatic carbocycles. The monoisotopic (exact) mass is 346 g/mol. The maximum atomic E-state index is 13.1. The fraction of sp³-hybridized carbons (Fsp3) is 0.190. The molecular formula is C21H18N2O3. The highest BCUT2D eigenvalue weighted by molar-refractivity contribution is 6.41. The number of rotatable bonds is 1. The van der Waals surface area contributed by atoms with E-state index in [1.54, 1.807) is 7.05 Å². The van der Waals surface area contributed by atoms with Crippen LogP contribution in [0.15, 0.2) is 48.0 Å². The highest BCUT2D eigenvalue weighted by atomic mass is 16.2. The normalized spacial score (nSPS) is 19.6. The molecule has 1 fully saturated rings. The van der Waals surface area contributed by atoms with Gasteiger partial charge in [-0.3, -0.25) is 14.4 Å². The molecule has 0 bridgehead atoms. The van der Waals surface area contributed by atoms with Gasteiger partial charge in [-0.1, -0.05) is 36.4 Å². The van der Waals surface area contributed by atoms with E-state index in [4.69, 9.17) is 0 Å². The molecule has 2 aromatic carbocycles. The zero-order valence-corrected chi connectivity index (χ0v) is 14.9. The molecule has 5 heteroatoms. The summed E-state index contributed by atoms with van der Waals surface area (Å²) in [6.07, 6.45) is -0.0597. The molecule has 0 saturated carbocycles. The number of carbonyl (C=O) groups excluding carboxylic acids is 3. The minimum Gasteiger partial charge on any atom is -0.311 e. The lowest BCUT2D eigenvalue weighted by molar-refractivity contribution is -0.121. The van der Waals surface area contributed by atoms with Crippen LogP contribution in [0.5, 0.6) is 0 Å². The van der Waals surface area contributed by atoms with Crippen molar-refractivity contribution in [3.63, 3.8) is 0 Å². The third kappa shape index (κ3) is 2.13. The van der Waals surface area contributed by atoms with E-state index in [1.165, 1.54) is 9.80 Å². The van der Waals surface area contributed by atoms with Crippen LogP contribution in [0.3, 0.4) is 0 Å². The SMILES string of the molecule is Cc1cccc(C)c1N1C(=O)C/C(=C2/C(=O)N(C)c3ccccc32)C1=O. The number of imide groups is 1. The van der Waals surface area contributed by atoms with Crippen LogP contribution in [-0.2, 0) is 14.4 Å². The molecule has 0 spiro atoms. The zero-order chi connectivity index (χ0) is 18.6. The van der Waals surface area contributed by atoms with Crippen molar-refractivity contribution in [2.75, 3.05) is 16.8 Å². The molecule has 0 atom stereocenters. The predicted octanol–water partition coefficient (Wildman–Crippen LogP) is 3.00. The van der Waals surface area contributed by atoms with Gasteiger partial charge in [0.05, 0.1) is 23.4 Å². The number of likely N-dealkylation sites (N-methyl/N-ethyl adjacent to an activating group) is 1. The van der Waals surface area contributed by atoms with E-state index in [-0.39, 0.29) is 23.8 Å². The van der Waals surface area contributed by atoms with Gasteiger partial charge in [-0.2, -0.15) is 0 Å². The molecule has 0 radical (unpaired) electrons. The quantitative estimate of drug-likeness (QED) is 0.589. The van der Waals surface area contributed by atoms with Gasteiger partial charge in [0, 0.05) is 18.2 Å². The summed E-state index contributed by atoms with van der Waals surface area (Å²) >= 11 is 0. The van der Waals surface area contributed by atoms with Gasteiger partial charge in [-0.25, -0.2) is 4.90 Å². The van der Waals surface area contributed by atoms with Crippen molar-refractivity contribution in [2.24, 2.45) is 0 Å². The second-order valence-corrected chi connectivity index (χ2v) is 6.69. The van der Waals surface area contributed by atoms with Crippen molar-refractivity contribution in [3.05, 3.63) is 64.7 Å². The highest BCUT2D eigenvalue weighted by Crippen LogP contribution is 2.41. The molecule has 2 aliphatic heterocycles. The van der Waals surface area contributed by atoms with Gasteiger partial charge in [0.15, 0.2) is 0 Å². The van der Waals surface area contributed by atoms with Gasteiger partial charge < -0.3 is 4.90 Å². The largest absolute Gasteiger partial charge is 0.311 e. The lowest BCUT2D eigenvalue weighted by Gasteiger charge is -2.19. The van der Waals surface area contributed by atoms with Gasteiger partial charge in [-0.15, -0.1) is 0 Å². The van der Waals surface area contributed by atoms with Crippen LogP contribution in [0.4, 0.5) is 11.4 Å². The first-order valence-corrected chi connectivity index (χ1v) is 8.46. The van der Waals surface area contributed by atoms with E-state index in [2.05, 4.69) is 0 Å². The first kappa shape index (κ1) is 16.3. The third-order valence-electron chi connectivity index (χ3n) is 5.06. The Labute approximate surface area is 151 Å². The Bertz CT molecular complexity index is 999. The summed E-state index contributed by atoms with van der Waals surface area (Å²) < 4.78 is 0. The molecule has 3 amide bonds. The third-order valence-corrected chi connectivity index (χ3v) is 5.06. The van der Waals surface area contributed by atoms with Gasteiger partial charge in [-0.05, 0) is 31.0 Å². The fourth-order valence-electron chi connectivity index (χ4n) is 3.80. The van der Waals surface area contributed by atoms with Crippen LogP contribution in [0, 0.1) is 13.8 Å². The molecule has 5 nitrogen and oxygen atoms in total. The van der Waals surface area contributed by atoms with Crippen molar-refractivity contribution < 1.29 is 14.4 Å². The molecular weight excluding hydrogens is 328 g/mol. The van der Waals surface area contributed by atoms with E-state index >= 15 is 0 Å². The molecule has 0 aromatic heterocycles. The number of benzene rings is 2. The molecule has 4 rings (SSSR count). The van der Waals surface area contributed by atoms with Crippen molar-refractivity contribution in [1.82, 2.24) is 0 Å². The molecule has 2 heterocycles. The molecule has 2 aromatic rings. The summed E-state index contributed by atoms with van der Waals surface area (Å²) in [5, 5.41) is 0. The first-order valence-electron chi connectivity index (χ1n) is 8.46. The Hall–Kier alpha value is -3.21. The summed E-state index contributed by atoms with van der Waals surface area (Å²) in [5.41, 5.74) is 4.41. The highest BCUT2D eigenvalue weighted by Gasteiger charge is 2.42. The second-order valence-electron chi connectivity index (χ2n) is 6.69. The van der Waals surface area contributed by atoms with Crippen LogP contribution in [-0.4, -0.2) is 24.8 Å². The summed E-state index contributed by atoms with van der Waals surface area (Å²) in [6, 6.07) is 13.0. The number of aryl methyl sites for hydroxylation is 2. The van der Waals surface area contributed by atoms with Crippen molar-refractivity contribution in [2.45, 2.75) is 20.3 Å². The summed E-state index contributed by atoms with van der Waals surface area (Å²) in [7, 11) is 1.68. The molecule has 26 heavy (non-hydrogen) atoms. The Kier molecular flexibility index (Phi) is 3.54. The lowest BCUT2D eigenvalue weighted by atomic mass is 10.00. The van der Waals surface area contributed by atoms with Crippen molar-refractivity contribution in [1.29, 1.82) is 0 Å². The first-order chi connectivity index (χ1) is 12.4. The van der Waals surface area contributed by atoms with E-state index in [0.717, 1.165) is 16.8 Å². The number of hydrogen-bond acceptors (Lipinski definition) is 3. The van der Waals surface area contributed by atoms with Crippen LogP contribution >= 0.6 is 0 Å². The molecule has 0 unspecified atom stereocenters. The topological polar surface area (TPSA) is 57.7 Å². The van der Waals surface area contributed by atoms with Gasteiger partial charge in [0.25, 0.3) is 11.8 Å². The summed E-state index contributed by atoms with van der Waals surface area (Å²) in [6.45, 7) is 3.75. The molecule has 0 N–H and O–H groups in total. The van der Waals surface area contributed by atoms with Crippen molar-refractivity contribution in [3.8, 4) is 0 Å².